The number of rotatable bonds is 7. The quantitative estimate of drug-likeness (QED) is 0.637. The molecular weight excluding hydrogens is 403 g/mol. The van der Waals surface area contributed by atoms with Crippen molar-refractivity contribution in [1.29, 1.82) is 0 Å². The van der Waals surface area contributed by atoms with Gasteiger partial charge in [-0.05, 0) is 29.8 Å². The van der Waals surface area contributed by atoms with Gasteiger partial charge in [-0.15, -0.1) is 0 Å². The zero-order valence-electron chi connectivity index (χ0n) is 15.5. The average Bonchev–Trinajstić information content (AvgIpc) is 3.19. The zero-order chi connectivity index (χ0) is 20.9. The lowest BCUT2D eigenvalue weighted by Crippen LogP contribution is -2.41. The first-order valence-corrected chi connectivity index (χ1v) is 9.99. The number of aliphatic imine (C=N–C) groups is 1. The first-order chi connectivity index (χ1) is 13.9. The lowest BCUT2D eigenvalue weighted by atomic mass is 10.2. The van der Waals surface area contributed by atoms with Gasteiger partial charge in [0.25, 0.3) is 0 Å². The molecule has 0 spiro atoms. The SMILES string of the molecule is COc1ccc(C2=NC[C@@H](CN(C(=O)OCc3ccccc3)S(=O)(=O)F)O2)cc1. The number of nitrogens with zero attached hydrogens (tertiary/aromatic N) is 2. The fourth-order valence-electron chi connectivity index (χ4n) is 2.63. The van der Waals surface area contributed by atoms with E-state index < -0.39 is 29.2 Å². The molecule has 0 saturated carbocycles. The number of carbonyl (C=O) groups excluding carboxylic acids is 1. The number of hydrogen-bond donors (Lipinski definition) is 0. The standard InChI is InChI=1S/C19H19FN2O6S/c1-26-16-9-7-15(8-10-16)18-21-11-17(28-18)12-22(29(20,24)25)19(23)27-13-14-5-3-2-4-6-14/h2-10,17H,11-13H2,1H3/t17-/m0/s1. The molecule has 0 saturated heterocycles. The third kappa shape index (κ3) is 5.44. The predicted molar refractivity (Wildman–Crippen MR) is 103 cm³/mol. The summed E-state index contributed by atoms with van der Waals surface area (Å²) in [6, 6.07) is 15.5. The lowest BCUT2D eigenvalue weighted by molar-refractivity contribution is 0.104. The van der Waals surface area contributed by atoms with Gasteiger partial charge >= 0.3 is 16.5 Å². The van der Waals surface area contributed by atoms with Crippen LogP contribution in [0.15, 0.2) is 59.6 Å². The van der Waals surface area contributed by atoms with Crippen LogP contribution in [-0.4, -0.2) is 51.0 Å². The molecule has 10 heteroatoms. The molecule has 0 fully saturated rings. The smallest absolute Gasteiger partial charge is 0.426 e. The Hall–Kier alpha value is -3.14. The van der Waals surface area contributed by atoms with E-state index in [4.69, 9.17) is 14.2 Å². The fourth-order valence-corrected chi connectivity index (χ4v) is 3.21. The summed E-state index contributed by atoms with van der Waals surface area (Å²) < 4.78 is 52.2. The number of hydrogen-bond acceptors (Lipinski definition) is 7. The van der Waals surface area contributed by atoms with Gasteiger partial charge in [-0.25, -0.2) is 9.79 Å². The van der Waals surface area contributed by atoms with Crippen molar-refractivity contribution in [3.63, 3.8) is 0 Å². The van der Waals surface area contributed by atoms with Crippen LogP contribution in [-0.2, 0) is 26.5 Å². The maximum absolute atomic E-state index is 13.7. The molecule has 0 aliphatic carbocycles. The Kier molecular flexibility index (Phi) is 6.32. The number of halogens is 1. The van der Waals surface area contributed by atoms with Gasteiger partial charge in [0.15, 0.2) is 0 Å². The van der Waals surface area contributed by atoms with E-state index in [0.29, 0.717) is 16.9 Å². The molecule has 0 bridgehead atoms. The molecule has 0 N–H and O–H groups in total. The zero-order valence-corrected chi connectivity index (χ0v) is 16.3. The van der Waals surface area contributed by atoms with Crippen molar-refractivity contribution in [3.05, 3.63) is 65.7 Å². The molecule has 1 atom stereocenters. The third-order valence-electron chi connectivity index (χ3n) is 4.10. The van der Waals surface area contributed by atoms with Crippen LogP contribution in [0.3, 0.4) is 0 Å². The Balaban J connectivity index is 1.61. The van der Waals surface area contributed by atoms with E-state index >= 15 is 0 Å². The van der Waals surface area contributed by atoms with Crippen LogP contribution >= 0.6 is 0 Å². The Morgan fingerprint density at radius 1 is 1.21 bits per heavy atom. The number of carbonyl (C=O) groups is 1. The number of amides is 1. The fraction of sp³-hybridized carbons (Fsp3) is 0.263. The first kappa shape index (κ1) is 20.6. The summed E-state index contributed by atoms with van der Waals surface area (Å²) in [6.45, 7) is -0.681. The third-order valence-corrected chi connectivity index (χ3v) is 4.92. The van der Waals surface area contributed by atoms with Crippen molar-refractivity contribution < 1.29 is 31.3 Å². The molecule has 0 unspecified atom stereocenters. The van der Waals surface area contributed by atoms with E-state index in [1.54, 1.807) is 54.6 Å². The van der Waals surface area contributed by atoms with E-state index in [-0.39, 0.29) is 23.4 Å². The molecule has 1 heterocycles. The van der Waals surface area contributed by atoms with Gasteiger partial charge in [0.2, 0.25) is 5.90 Å². The highest BCUT2D eigenvalue weighted by molar-refractivity contribution is 7.84. The molecule has 2 aromatic rings. The molecule has 1 aliphatic heterocycles. The van der Waals surface area contributed by atoms with Crippen molar-refractivity contribution in [2.75, 3.05) is 20.2 Å². The average molecular weight is 422 g/mol. The molecule has 29 heavy (non-hydrogen) atoms. The van der Waals surface area contributed by atoms with Crippen LogP contribution in [0.2, 0.25) is 0 Å². The van der Waals surface area contributed by atoms with E-state index in [2.05, 4.69) is 4.99 Å². The summed E-state index contributed by atoms with van der Waals surface area (Å²) in [7, 11) is -3.80. The minimum Gasteiger partial charge on any atom is -0.497 e. The monoisotopic (exact) mass is 422 g/mol. The van der Waals surface area contributed by atoms with Crippen molar-refractivity contribution in [3.8, 4) is 5.75 Å². The van der Waals surface area contributed by atoms with E-state index in [1.807, 2.05) is 0 Å². The maximum atomic E-state index is 13.7. The summed E-state index contributed by atoms with van der Waals surface area (Å²) in [5, 5.41) is 0. The Bertz CT molecular complexity index is 980. The van der Waals surface area contributed by atoms with E-state index in [1.165, 1.54) is 7.11 Å². The van der Waals surface area contributed by atoms with Crippen molar-refractivity contribution in [2.24, 2.45) is 4.99 Å². The van der Waals surface area contributed by atoms with Gasteiger partial charge in [0, 0.05) is 5.56 Å². The lowest BCUT2D eigenvalue weighted by Gasteiger charge is -2.20. The van der Waals surface area contributed by atoms with Crippen molar-refractivity contribution >= 4 is 22.4 Å². The van der Waals surface area contributed by atoms with Crippen molar-refractivity contribution in [2.45, 2.75) is 12.7 Å². The molecular formula is C19H19FN2O6S. The van der Waals surface area contributed by atoms with Crippen LogP contribution in [0.1, 0.15) is 11.1 Å². The van der Waals surface area contributed by atoms with E-state index in [9.17, 15) is 17.1 Å². The summed E-state index contributed by atoms with van der Waals surface area (Å²) in [6.07, 6.45) is -2.15. The summed E-state index contributed by atoms with van der Waals surface area (Å²) >= 11 is 0. The second-order valence-corrected chi connectivity index (χ2v) is 7.39. The number of ether oxygens (including phenoxy) is 3. The van der Waals surface area contributed by atoms with Crippen LogP contribution in [0.5, 0.6) is 5.75 Å². The highest BCUT2D eigenvalue weighted by atomic mass is 32.3. The van der Waals surface area contributed by atoms with Gasteiger partial charge in [0.05, 0.1) is 20.2 Å². The Morgan fingerprint density at radius 3 is 2.52 bits per heavy atom. The largest absolute Gasteiger partial charge is 0.497 e. The van der Waals surface area contributed by atoms with Gasteiger partial charge in [-0.2, -0.15) is 12.7 Å². The minimum atomic E-state index is -5.34. The van der Waals surface area contributed by atoms with Crippen LogP contribution in [0.25, 0.3) is 0 Å². The van der Waals surface area contributed by atoms with Gasteiger partial charge in [0.1, 0.15) is 18.5 Å². The van der Waals surface area contributed by atoms with Gasteiger partial charge < -0.3 is 14.2 Å². The molecule has 3 rings (SSSR count). The van der Waals surface area contributed by atoms with Gasteiger partial charge in [-0.1, -0.05) is 34.2 Å². The number of benzene rings is 2. The second kappa shape index (κ2) is 8.91. The normalized spacial score (nSPS) is 15.9. The molecule has 2 aromatic carbocycles. The molecule has 0 aromatic heterocycles. The highest BCUT2D eigenvalue weighted by Crippen LogP contribution is 2.19. The first-order valence-electron chi connectivity index (χ1n) is 8.65. The number of methoxy groups -OCH3 is 1. The Morgan fingerprint density at radius 2 is 1.90 bits per heavy atom. The van der Waals surface area contributed by atoms with Crippen LogP contribution < -0.4 is 4.74 Å². The topological polar surface area (TPSA) is 94.5 Å². The van der Waals surface area contributed by atoms with Crippen LogP contribution in [0, 0.1) is 0 Å². The van der Waals surface area contributed by atoms with Crippen LogP contribution in [0.4, 0.5) is 8.68 Å². The minimum absolute atomic E-state index is 0.00703. The predicted octanol–water partition coefficient (Wildman–Crippen LogP) is 2.69. The Labute approximate surface area is 167 Å². The molecule has 154 valence electrons. The molecule has 8 nitrogen and oxygen atoms in total. The highest BCUT2D eigenvalue weighted by Gasteiger charge is 2.34. The maximum Gasteiger partial charge on any atom is 0.426 e. The summed E-state index contributed by atoms with van der Waals surface area (Å²) in [5.74, 6) is 0.922. The molecule has 0 radical (unpaired) electrons. The van der Waals surface area contributed by atoms with E-state index in [0.717, 1.165) is 0 Å². The van der Waals surface area contributed by atoms with Crippen molar-refractivity contribution in [1.82, 2.24) is 4.31 Å². The second-order valence-electron chi connectivity index (χ2n) is 6.13. The molecule has 1 amide bonds. The molecule has 1 aliphatic rings. The summed E-state index contributed by atoms with van der Waals surface area (Å²) in [4.78, 5) is 16.3. The summed E-state index contributed by atoms with van der Waals surface area (Å²) in [5.41, 5.74) is 1.29. The van der Waals surface area contributed by atoms with Gasteiger partial charge in [-0.3, -0.25) is 0 Å².